The lowest BCUT2D eigenvalue weighted by atomic mass is 10.2. The molecule has 88 valence electrons. The first kappa shape index (κ1) is 11.9. The van der Waals surface area contributed by atoms with Gasteiger partial charge in [-0.1, -0.05) is 12.1 Å². The first-order valence-electron chi connectivity index (χ1n) is 4.92. The Kier molecular flexibility index (Phi) is 3.28. The number of aryl methyl sites for hydroxylation is 1. The summed E-state index contributed by atoms with van der Waals surface area (Å²) in [5, 5.41) is 0. The fourth-order valence-electron chi connectivity index (χ4n) is 1.33. The number of nitrogens with two attached hydrogens (primary N) is 1. The summed E-state index contributed by atoms with van der Waals surface area (Å²) in [6.45, 7) is 1.67. The molecule has 0 saturated carbocycles. The Morgan fingerprint density at radius 1 is 1.41 bits per heavy atom. The van der Waals surface area contributed by atoms with Crippen molar-refractivity contribution in [2.45, 2.75) is 6.92 Å². The van der Waals surface area contributed by atoms with E-state index in [1.165, 1.54) is 6.07 Å². The van der Waals surface area contributed by atoms with Gasteiger partial charge in [0.1, 0.15) is 0 Å². The van der Waals surface area contributed by atoms with Crippen molar-refractivity contribution in [1.82, 2.24) is 4.98 Å². The quantitative estimate of drug-likeness (QED) is 0.920. The maximum atomic E-state index is 13.7. The van der Waals surface area contributed by atoms with Gasteiger partial charge < -0.3 is 10.5 Å². The molecule has 0 fully saturated rings. The Labute approximate surface area is 107 Å². The van der Waals surface area contributed by atoms with Crippen LogP contribution in [0.5, 0.6) is 11.6 Å². The Morgan fingerprint density at radius 3 is 2.88 bits per heavy atom. The van der Waals surface area contributed by atoms with Crippen molar-refractivity contribution < 1.29 is 9.13 Å². The molecule has 0 radical (unpaired) electrons. The lowest BCUT2D eigenvalue weighted by Crippen LogP contribution is -1.97. The molecule has 3 nitrogen and oxygen atoms in total. The summed E-state index contributed by atoms with van der Waals surface area (Å²) in [5.41, 5.74) is 6.58. The van der Waals surface area contributed by atoms with Crippen molar-refractivity contribution in [3.8, 4) is 11.6 Å². The van der Waals surface area contributed by atoms with Gasteiger partial charge in [-0.25, -0.2) is 9.37 Å². The summed E-state index contributed by atoms with van der Waals surface area (Å²) in [7, 11) is 0. The lowest BCUT2D eigenvalue weighted by Gasteiger charge is -2.09. The van der Waals surface area contributed by atoms with E-state index in [9.17, 15) is 4.39 Å². The standard InChI is InChI=1S/C12H10BrFN2O/c1-7-3-2-4-10(11(7)14)17-12-9(15)5-8(13)6-16-12/h2-6H,15H2,1H3. The predicted octanol–water partition coefficient (Wildman–Crippen LogP) is 3.67. The highest BCUT2D eigenvalue weighted by atomic mass is 79.9. The number of hydrogen-bond acceptors (Lipinski definition) is 3. The van der Waals surface area contributed by atoms with Gasteiger partial charge in [0.2, 0.25) is 5.88 Å². The molecule has 2 N–H and O–H groups in total. The zero-order valence-corrected chi connectivity index (χ0v) is 10.7. The second-order valence-corrected chi connectivity index (χ2v) is 4.45. The molecule has 1 aromatic heterocycles. The molecule has 2 aromatic rings. The minimum Gasteiger partial charge on any atom is -0.434 e. The van der Waals surface area contributed by atoms with E-state index >= 15 is 0 Å². The van der Waals surface area contributed by atoms with Crippen molar-refractivity contribution in [2.75, 3.05) is 5.73 Å². The number of anilines is 1. The van der Waals surface area contributed by atoms with Crippen LogP contribution in [0, 0.1) is 12.7 Å². The second-order valence-electron chi connectivity index (χ2n) is 3.54. The summed E-state index contributed by atoms with van der Waals surface area (Å²) in [6, 6.07) is 6.56. The van der Waals surface area contributed by atoms with Crippen molar-refractivity contribution in [3.05, 3.63) is 46.3 Å². The van der Waals surface area contributed by atoms with Crippen molar-refractivity contribution in [2.24, 2.45) is 0 Å². The van der Waals surface area contributed by atoms with Crippen LogP contribution in [0.1, 0.15) is 5.56 Å². The first-order valence-corrected chi connectivity index (χ1v) is 5.71. The maximum Gasteiger partial charge on any atom is 0.242 e. The Hall–Kier alpha value is -1.62. The smallest absolute Gasteiger partial charge is 0.242 e. The van der Waals surface area contributed by atoms with Crippen LogP contribution in [0.25, 0.3) is 0 Å². The van der Waals surface area contributed by atoms with Crippen molar-refractivity contribution >= 4 is 21.6 Å². The monoisotopic (exact) mass is 296 g/mol. The number of benzene rings is 1. The molecule has 17 heavy (non-hydrogen) atoms. The van der Waals surface area contributed by atoms with Gasteiger partial charge in [0.05, 0.1) is 5.69 Å². The van der Waals surface area contributed by atoms with Gasteiger partial charge in [-0.3, -0.25) is 0 Å². The zero-order chi connectivity index (χ0) is 12.4. The number of pyridine rings is 1. The Balaban J connectivity index is 2.35. The zero-order valence-electron chi connectivity index (χ0n) is 9.08. The first-order chi connectivity index (χ1) is 8.08. The summed E-state index contributed by atoms with van der Waals surface area (Å²) in [4.78, 5) is 3.98. The second kappa shape index (κ2) is 4.71. The minimum atomic E-state index is -0.406. The fourth-order valence-corrected chi connectivity index (χ4v) is 1.68. The van der Waals surface area contributed by atoms with E-state index in [1.54, 1.807) is 31.3 Å². The van der Waals surface area contributed by atoms with E-state index in [1.807, 2.05) is 0 Å². The molecule has 0 bridgehead atoms. The molecule has 1 heterocycles. The van der Waals surface area contributed by atoms with Crippen LogP contribution in [0.4, 0.5) is 10.1 Å². The average molecular weight is 297 g/mol. The Morgan fingerprint density at radius 2 is 2.18 bits per heavy atom. The Bertz CT molecular complexity index is 560. The number of nitrogens with zero attached hydrogens (tertiary/aromatic N) is 1. The lowest BCUT2D eigenvalue weighted by molar-refractivity contribution is 0.427. The molecule has 5 heteroatoms. The number of ether oxygens (including phenoxy) is 1. The van der Waals surface area contributed by atoms with Crippen LogP contribution in [0.2, 0.25) is 0 Å². The topological polar surface area (TPSA) is 48.1 Å². The van der Waals surface area contributed by atoms with Gasteiger partial charge >= 0.3 is 0 Å². The molecule has 0 aliphatic heterocycles. The van der Waals surface area contributed by atoms with E-state index in [0.717, 1.165) is 4.47 Å². The highest BCUT2D eigenvalue weighted by Gasteiger charge is 2.10. The third kappa shape index (κ3) is 2.55. The van der Waals surface area contributed by atoms with E-state index in [4.69, 9.17) is 10.5 Å². The van der Waals surface area contributed by atoms with E-state index in [0.29, 0.717) is 11.3 Å². The molecular formula is C12H10BrFN2O. The molecule has 0 aliphatic rings. The minimum absolute atomic E-state index is 0.117. The summed E-state index contributed by atoms with van der Waals surface area (Å²) in [5.74, 6) is -0.0964. The van der Waals surface area contributed by atoms with Gasteiger partial charge in [0.15, 0.2) is 11.6 Å². The molecule has 0 amide bonds. The fraction of sp³-hybridized carbons (Fsp3) is 0.0833. The maximum absolute atomic E-state index is 13.7. The third-order valence-corrected chi connectivity index (χ3v) is 2.64. The molecule has 0 atom stereocenters. The van der Waals surface area contributed by atoms with E-state index in [2.05, 4.69) is 20.9 Å². The molecular weight excluding hydrogens is 287 g/mol. The van der Waals surface area contributed by atoms with E-state index < -0.39 is 5.82 Å². The number of halogens is 2. The van der Waals surface area contributed by atoms with Crippen LogP contribution in [-0.2, 0) is 0 Å². The van der Waals surface area contributed by atoms with Crippen LogP contribution >= 0.6 is 15.9 Å². The number of rotatable bonds is 2. The van der Waals surface area contributed by atoms with Crippen LogP contribution in [-0.4, -0.2) is 4.98 Å². The summed E-state index contributed by atoms with van der Waals surface area (Å²) in [6.07, 6.45) is 1.54. The molecule has 0 spiro atoms. The molecule has 0 saturated heterocycles. The van der Waals surface area contributed by atoms with Gasteiger partial charge in [0, 0.05) is 10.7 Å². The van der Waals surface area contributed by atoms with Gasteiger partial charge in [-0.05, 0) is 40.5 Å². The summed E-state index contributed by atoms with van der Waals surface area (Å²) < 4.78 is 19.8. The highest BCUT2D eigenvalue weighted by Crippen LogP contribution is 2.29. The predicted molar refractivity (Wildman–Crippen MR) is 67.6 cm³/mol. The molecule has 0 unspecified atom stereocenters. The normalized spacial score (nSPS) is 10.3. The summed E-state index contributed by atoms with van der Waals surface area (Å²) >= 11 is 3.24. The van der Waals surface area contributed by atoms with Gasteiger partial charge in [-0.2, -0.15) is 0 Å². The van der Waals surface area contributed by atoms with Crippen LogP contribution in [0.15, 0.2) is 34.9 Å². The molecule has 1 aromatic carbocycles. The van der Waals surface area contributed by atoms with Gasteiger partial charge in [-0.15, -0.1) is 0 Å². The van der Waals surface area contributed by atoms with Crippen LogP contribution < -0.4 is 10.5 Å². The van der Waals surface area contributed by atoms with E-state index in [-0.39, 0.29) is 11.6 Å². The number of nitrogen functional groups attached to an aromatic ring is 1. The highest BCUT2D eigenvalue weighted by molar-refractivity contribution is 9.10. The third-order valence-electron chi connectivity index (χ3n) is 2.21. The van der Waals surface area contributed by atoms with Crippen molar-refractivity contribution in [1.29, 1.82) is 0 Å². The van der Waals surface area contributed by atoms with Crippen molar-refractivity contribution in [3.63, 3.8) is 0 Å². The molecule has 0 aliphatic carbocycles. The average Bonchev–Trinajstić information content (AvgIpc) is 2.28. The molecule has 2 rings (SSSR count). The number of aromatic nitrogens is 1. The largest absolute Gasteiger partial charge is 0.434 e. The van der Waals surface area contributed by atoms with Crippen LogP contribution in [0.3, 0.4) is 0 Å². The SMILES string of the molecule is Cc1cccc(Oc2ncc(Br)cc2N)c1F. The van der Waals surface area contributed by atoms with Gasteiger partial charge in [0.25, 0.3) is 0 Å². The number of hydrogen-bond donors (Lipinski definition) is 1.